The number of sulfone groups is 1. The second-order valence-corrected chi connectivity index (χ2v) is 9.59. The molecule has 1 amide bonds. The van der Waals surface area contributed by atoms with Crippen molar-refractivity contribution in [1.82, 2.24) is 5.06 Å². The Morgan fingerprint density at radius 3 is 2.16 bits per heavy atom. The standard InChI is InChI=1S/C21H25NO8S/c1-21(2)28-13-19(30-21)20(12-22(24)14-23)31(25,26)18-10-8-17(9-11-18)29-16-6-4-15(27-3)5-7-16/h4-11,14,19-20,24H,12-13H2,1-3H3/t19-,20?/m0/s1. The van der Waals surface area contributed by atoms with E-state index in [4.69, 9.17) is 18.9 Å². The summed E-state index contributed by atoms with van der Waals surface area (Å²) in [4.78, 5) is 10.9. The summed E-state index contributed by atoms with van der Waals surface area (Å²) in [7, 11) is -2.41. The van der Waals surface area contributed by atoms with E-state index in [9.17, 15) is 18.4 Å². The maximum absolute atomic E-state index is 13.3. The first-order valence-corrected chi connectivity index (χ1v) is 11.1. The molecule has 3 rings (SSSR count). The molecule has 1 N–H and O–H groups in total. The highest BCUT2D eigenvalue weighted by Gasteiger charge is 2.44. The van der Waals surface area contributed by atoms with Crippen molar-refractivity contribution in [1.29, 1.82) is 0 Å². The number of amides is 1. The van der Waals surface area contributed by atoms with Crippen molar-refractivity contribution in [3.8, 4) is 17.2 Å². The SMILES string of the molecule is COc1ccc(Oc2ccc(S(=O)(=O)C(CN(O)C=O)[C@@H]3COC(C)(C)O3)cc2)cc1. The molecule has 1 fully saturated rings. The van der Waals surface area contributed by atoms with Crippen LogP contribution in [0.25, 0.3) is 0 Å². The van der Waals surface area contributed by atoms with Gasteiger partial charge in [-0.2, -0.15) is 0 Å². The third-order valence-electron chi connectivity index (χ3n) is 4.78. The number of hydrogen-bond acceptors (Lipinski definition) is 8. The van der Waals surface area contributed by atoms with Crippen molar-refractivity contribution in [2.24, 2.45) is 0 Å². The van der Waals surface area contributed by atoms with Crippen LogP contribution in [0.5, 0.6) is 17.2 Å². The Morgan fingerprint density at radius 2 is 1.68 bits per heavy atom. The molecule has 0 aromatic heterocycles. The molecule has 1 aliphatic rings. The van der Waals surface area contributed by atoms with Crippen LogP contribution < -0.4 is 9.47 Å². The van der Waals surface area contributed by atoms with Gasteiger partial charge in [-0.1, -0.05) is 0 Å². The zero-order valence-corrected chi connectivity index (χ0v) is 18.2. The molecule has 1 heterocycles. The van der Waals surface area contributed by atoms with Gasteiger partial charge in [0.1, 0.15) is 28.6 Å². The van der Waals surface area contributed by atoms with E-state index in [0.29, 0.717) is 17.2 Å². The minimum absolute atomic E-state index is 0.00665. The number of methoxy groups -OCH3 is 1. The number of ether oxygens (including phenoxy) is 4. The number of nitrogens with zero attached hydrogens (tertiary/aromatic N) is 1. The molecule has 2 aromatic carbocycles. The van der Waals surface area contributed by atoms with E-state index in [-0.39, 0.29) is 23.0 Å². The average molecular weight is 451 g/mol. The van der Waals surface area contributed by atoms with Gasteiger partial charge in [-0.25, -0.2) is 13.5 Å². The predicted molar refractivity (Wildman–Crippen MR) is 110 cm³/mol. The van der Waals surface area contributed by atoms with Crippen molar-refractivity contribution >= 4 is 16.2 Å². The molecule has 1 saturated heterocycles. The molecule has 0 bridgehead atoms. The smallest absolute Gasteiger partial charge is 0.233 e. The molecule has 0 aliphatic carbocycles. The molecular weight excluding hydrogens is 426 g/mol. The Balaban J connectivity index is 1.81. The van der Waals surface area contributed by atoms with Crippen LogP contribution in [-0.2, 0) is 24.1 Å². The van der Waals surface area contributed by atoms with E-state index >= 15 is 0 Å². The predicted octanol–water partition coefficient (Wildman–Crippen LogP) is 2.63. The summed E-state index contributed by atoms with van der Waals surface area (Å²) in [5.74, 6) is 0.735. The summed E-state index contributed by atoms with van der Waals surface area (Å²) in [5, 5.41) is 8.72. The van der Waals surface area contributed by atoms with E-state index in [1.807, 2.05) is 0 Å². The van der Waals surface area contributed by atoms with Gasteiger partial charge in [-0.15, -0.1) is 0 Å². The molecule has 1 unspecified atom stereocenters. The summed E-state index contributed by atoms with van der Waals surface area (Å²) < 4.78 is 48.6. The van der Waals surface area contributed by atoms with Crippen LogP contribution in [0.2, 0.25) is 0 Å². The molecule has 168 valence electrons. The van der Waals surface area contributed by atoms with E-state index in [2.05, 4.69) is 0 Å². The first-order chi connectivity index (χ1) is 14.6. The molecule has 2 atom stereocenters. The lowest BCUT2D eigenvalue weighted by molar-refractivity contribution is -0.154. The molecule has 0 saturated carbocycles. The van der Waals surface area contributed by atoms with Crippen molar-refractivity contribution in [2.45, 2.75) is 35.9 Å². The fourth-order valence-electron chi connectivity index (χ4n) is 3.19. The monoisotopic (exact) mass is 451 g/mol. The summed E-state index contributed by atoms with van der Waals surface area (Å²) in [5.41, 5.74) is 0. The highest BCUT2D eigenvalue weighted by molar-refractivity contribution is 7.92. The van der Waals surface area contributed by atoms with E-state index < -0.39 is 33.5 Å². The van der Waals surface area contributed by atoms with Gasteiger partial charge < -0.3 is 18.9 Å². The molecule has 10 heteroatoms. The lowest BCUT2D eigenvalue weighted by Crippen LogP contribution is -2.44. The molecule has 2 aromatic rings. The van der Waals surface area contributed by atoms with E-state index in [1.54, 1.807) is 45.2 Å². The molecule has 1 aliphatic heterocycles. The third-order valence-corrected chi connectivity index (χ3v) is 6.96. The second kappa shape index (κ2) is 9.23. The Morgan fingerprint density at radius 1 is 1.13 bits per heavy atom. The Hall–Kier alpha value is -2.66. The quantitative estimate of drug-likeness (QED) is 0.352. The van der Waals surface area contributed by atoms with E-state index in [0.717, 1.165) is 0 Å². The fourth-order valence-corrected chi connectivity index (χ4v) is 4.94. The fraction of sp³-hybridized carbons (Fsp3) is 0.381. The van der Waals surface area contributed by atoms with Gasteiger partial charge in [0.25, 0.3) is 0 Å². The van der Waals surface area contributed by atoms with Crippen LogP contribution in [0, 0.1) is 0 Å². The second-order valence-electron chi connectivity index (χ2n) is 7.43. The van der Waals surface area contributed by atoms with Gasteiger partial charge in [-0.05, 0) is 62.4 Å². The number of carbonyl (C=O) groups excluding carboxylic acids is 1. The average Bonchev–Trinajstić information content (AvgIpc) is 3.11. The molecule has 31 heavy (non-hydrogen) atoms. The van der Waals surface area contributed by atoms with Gasteiger partial charge in [0.15, 0.2) is 15.6 Å². The summed E-state index contributed by atoms with van der Waals surface area (Å²) >= 11 is 0. The zero-order valence-electron chi connectivity index (χ0n) is 17.4. The topological polar surface area (TPSA) is 112 Å². The van der Waals surface area contributed by atoms with Gasteiger partial charge in [0.2, 0.25) is 6.41 Å². The number of rotatable bonds is 9. The number of hydroxylamine groups is 2. The van der Waals surface area contributed by atoms with Gasteiger partial charge in [0.05, 0.1) is 25.2 Å². The third kappa shape index (κ3) is 5.53. The van der Waals surface area contributed by atoms with Crippen LogP contribution in [0.3, 0.4) is 0 Å². The number of carbonyl (C=O) groups is 1. The minimum Gasteiger partial charge on any atom is -0.497 e. The highest BCUT2D eigenvalue weighted by Crippen LogP contribution is 2.31. The number of hydrogen-bond donors (Lipinski definition) is 1. The Kier molecular flexibility index (Phi) is 6.85. The van der Waals surface area contributed by atoms with E-state index in [1.165, 1.54) is 24.3 Å². The molecule has 0 spiro atoms. The highest BCUT2D eigenvalue weighted by atomic mass is 32.2. The molecular formula is C21H25NO8S. The number of benzene rings is 2. The summed E-state index contributed by atoms with van der Waals surface area (Å²) in [6.07, 6.45) is -0.709. The largest absolute Gasteiger partial charge is 0.497 e. The van der Waals surface area contributed by atoms with Crippen LogP contribution in [0.1, 0.15) is 13.8 Å². The van der Waals surface area contributed by atoms with Crippen LogP contribution in [-0.4, -0.2) is 62.5 Å². The van der Waals surface area contributed by atoms with Crippen LogP contribution in [0.15, 0.2) is 53.4 Å². The maximum Gasteiger partial charge on any atom is 0.233 e. The first kappa shape index (κ1) is 23.0. The van der Waals surface area contributed by atoms with Crippen LogP contribution in [0.4, 0.5) is 0 Å². The van der Waals surface area contributed by atoms with Gasteiger partial charge >= 0.3 is 0 Å². The van der Waals surface area contributed by atoms with Gasteiger partial charge in [0, 0.05) is 0 Å². The Labute approximate surface area is 181 Å². The lowest BCUT2D eigenvalue weighted by atomic mass is 10.2. The first-order valence-electron chi connectivity index (χ1n) is 9.53. The molecule has 0 radical (unpaired) electrons. The lowest BCUT2D eigenvalue weighted by Gasteiger charge is -2.26. The van der Waals surface area contributed by atoms with Crippen molar-refractivity contribution in [3.63, 3.8) is 0 Å². The van der Waals surface area contributed by atoms with Crippen molar-refractivity contribution in [3.05, 3.63) is 48.5 Å². The minimum atomic E-state index is -3.98. The summed E-state index contributed by atoms with van der Waals surface area (Å²) in [6, 6.07) is 12.8. The zero-order chi connectivity index (χ0) is 22.6. The maximum atomic E-state index is 13.3. The van der Waals surface area contributed by atoms with Crippen molar-refractivity contribution in [2.75, 3.05) is 20.3 Å². The van der Waals surface area contributed by atoms with Crippen molar-refractivity contribution < 1.29 is 37.4 Å². The van der Waals surface area contributed by atoms with Crippen LogP contribution >= 0.6 is 0 Å². The summed E-state index contributed by atoms with van der Waals surface area (Å²) in [6.45, 7) is 2.89. The Bertz CT molecular complexity index is 989. The molecule has 9 nitrogen and oxygen atoms in total. The normalized spacial score (nSPS) is 18.9. The van der Waals surface area contributed by atoms with Gasteiger partial charge in [-0.3, -0.25) is 10.0 Å².